The van der Waals surface area contributed by atoms with Crippen LogP contribution in [-0.2, 0) is 25.5 Å². The van der Waals surface area contributed by atoms with Gasteiger partial charge in [-0.05, 0) is 22.7 Å². The Hall–Kier alpha value is -1.12. The summed E-state index contributed by atoms with van der Waals surface area (Å²) in [5.74, 6) is -1.28. The van der Waals surface area contributed by atoms with Crippen molar-refractivity contribution in [1.82, 2.24) is 4.98 Å². The van der Waals surface area contributed by atoms with Crippen molar-refractivity contribution in [3.8, 4) is 11.3 Å². The van der Waals surface area contributed by atoms with Crippen molar-refractivity contribution in [2.24, 2.45) is 0 Å². The maximum Gasteiger partial charge on any atom is 0.0408 e. The van der Waals surface area contributed by atoms with Gasteiger partial charge in [0.2, 0.25) is 0 Å². The predicted octanol–water partition coefficient (Wildman–Crippen LogP) is 4.12. The van der Waals surface area contributed by atoms with Crippen LogP contribution in [0, 0.1) is 17.7 Å². The van der Waals surface area contributed by atoms with Gasteiger partial charge in [-0.1, -0.05) is 38.5 Å². The molecule has 1 aromatic heterocycles. The van der Waals surface area contributed by atoms with Crippen LogP contribution in [-0.4, -0.2) is 4.98 Å². The van der Waals surface area contributed by atoms with Gasteiger partial charge in [-0.2, -0.15) is 0 Å². The Kier molecular flexibility index (Phi) is 4.94. The number of pyridine rings is 1. The van der Waals surface area contributed by atoms with E-state index in [2.05, 4.69) is 31.8 Å². The molecule has 1 heterocycles. The van der Waals surface area contributed by atoms with E-state index in [-0.39, 0.29) is 31.1 Å². The van der Waals surface area contributed by atoms with E-state index in [9.17, 15) is 8.78 Å². The quantitative estimate of drug-likeness (QED) is 0.611. The molecule has 4 heteroatoms. The van der Waals surface area contributed by atoms with Crippen LogP contribution in [0.2, 0.25) is 0 Å². The van der Waals surface area contributed by atoms with Crippen molar-refractivity contribution in [3.63, 3.8) is 0 Å². The fourth-order valence-corrected chi connectivity index (χ4v) is 1.68. The topological polar surface area (TPSA) is 12.9 Å². The maximum atomic E-state index is 13.7. The van der Waals surface area contributed by atoms with Gasteiger partial charge in [0.05, 0.1) is 0 Å². The third-order valence-electron chi connectivity index (χ3n) is 2.74. The Morgan fingerprint density at radius 3 is 2.42 bits per heavy atom. The number of halogens is 2. The Balaban J connectivity index is 0.00000180. The van der Waals surface area contributed by atoms with E-state index in [0.717, 1.165) is 17.7 Å². The smallest absolute Gasteiger partial charge is 0.0408 e. The van der Waals surface area contributed by atoms with E-state index in [1.165, 1.54) is 0 Å². The molecule has 0 N–H and O–H groups in total. The molecule has 1 radical (unpaired) electrons. The second kappa shape index (κ2) is 5.89. The molecule has 1 aromatic carbocycles. The zero-order valence-corrected chi connectivity index (χ0v) is 13.3. The molecule has 1 nitrogen and oxygen atoms in total. The Bertz CT molecular complexity index is 577. The van der Waals surface area contributed by atoms with Crippen LogP contribution in [0.1, 0.15) is 26.3 Å². The van der Waals surface area contributed by atoms with E-state index in [1.807, 2.05) is 12.1 Å². The first kappa shape index (κ1) is 15.9. The molecule has 0 aliphatic heterocycles. The van der Waals surface area contributed by atoms with Crippen LogP contribution in [0.4, 0.5) is 8.78 Å². The third-order valence-corrected chi connectivity index (χ3v) is 2.74. The second-order valence-corrected chi connectivity index (χ2v) is 5.22. The minimum Gasteiger partial charge on any atom is -0.305 e. The Morgan fingerprint density at radius 2 is 1.84 bits per heavy atom. The molecule has 0 unspecified atom stereocenters. The van der Waals surface area contributed by atoms with Crippen LogP contribution in [0.25, 0.3) is 11.3 Å². The summed E-state index contributed by atoms with van der Waals surface area (Å²) in [6.07, 6.45) is 1.63. The molecule has 0 fully saturated rings. The van der Waals surface area contributed by atoms with E-state index >= 15 is 0 Å². The van der Waals surface area contributed by atoms with Crippen molar-refractivity contribution < 1.29 is 28.9 Å². The van der Waals surface area contributed by atoms with Gasteiger partial charge in [0.25, 0.3) is 0 Å². The molecule has 19 heavy (non-hydrogen) atoms. The van der Waals surface area contributed by atoms with E-state index in [0.29, 0.717) is 5.69 Å². The number of nitrogens with zero attached hydrogens (tertiary/aromatic N) is 1. The van der Waals surface area contributed by atoms with Crippen LogP contribution < -0.4 is 0 Å². The molecule has 0 saturated carbocycles. The average molecular weight is 438 g/mol. The largest absolute Gasteiger partial charge is 0.305 e. The summed E-state index contributed by atoms with van der Waals surface area (Å²) in [5.41, 5.74) is 1.67. The molecule has 0 amide bonds. The number of hydrogen-bond acceptors (Lipinski definition) is 1. The van der Waals surface area contributed by atoms with Gasteiger partial charge in [-0.3, -0.25) is 8.78 Å². The molecule has 2 rings (SSSR count). The third kappa shape index (κ3) is 3.68. The van der Waals surface area contributed by atoms with E-state index in [4.69, 9.17) is 0 Å². The van der Waals surface area contributed by atoms with Gasteiger partial charge in [0.1, 0.15) is 0 Å². The first-order chi connectivity index (χ1) is 8.38. The van der Waals surface area contributed by atoms with Crippen LogP contribution in [0.5, 0.6) is 0 Å². The Morgan fingerprint density at radius 1 is 1.16 bits per heavy atom. The van der Waals surface area contributed by atoms with E-state index < -0.39 is 11.6 Å². The summed E-state index contributed by atoms with van der Waals surface area (Å²) in [6, 6.07) is 8.25. The molecular formula is C15H14F2IrN-. The second-order valence-electron chi connectivity index (χ2n) is 5.22. The van der Waals surface area contributed by atoms with Crippen molar-refractivity contribution in [2.45, 2.75) is 26.2 Å². The maximum absolute atomic E-state index is 13.7. The van der Waals surface area contributed by atoms with Gasteiger partial charge >= 0.3 is 0 Å². The number of benzene rings is 1. The molecule has 0 atom stereocenters. The van der Waals surface area contributed by atoms with Crippen LogP contribution in [0.3, 0.4) is 0 Å². The van der Waals surface area contributed by atoms with Gasteiger partial charge in [-0.25, -0.2) is 0 Å². The minimum atomic E-state index is -0.645. The minimum absolute atomic E-state index is 0. The molecule has 0 bridgehead atoms. The molecule has 0 aliphatic rings. The summed E-state index contributed by atoms with van der Waals surface area (Å²) in [6.45, 7) is 6.20. The normalized spacial score (nSPS) is 11.0. The van der Waals surface area contributed by atoms with Crippen molar-refractivity contribution in [3.05, 3.63) is 53.7 Å². The molecule has 2 aromatic rings. The van der Waals surface area contributed by atoms with Gasteiger partial charge < -0.3 is 4.98 Å². The first-order valence-electron chi connectivity index (χ1n) is 5.71. The summed E-state index contributed by atoms with van der Waals surface area (Å²) in [5, 5.41) is 0. The molecule has 103 valence electrons. The van der Waals surface area contributed by atoms with Gasteiger partial charge in [0, 0.05) is 37.9 Å². The SMILES string of the molecule is CC(C)(C)c1ccnc(-c2[c-]cc(F)cc2F)c1.[Ir]. The number of hydrogen-bond donors (Lipinski definition) is 0. The first-order valence-corrected chi connectivity index (χ1v) is 5.71. The van der Waals surface area contributed by atoms with Crippen molar-refractivity contribution in [2.75, 3.05) is 0 Å². The standard InChI is InChI=1S/C15H14F2N.Ir/c1-15(2,3)10-6-7-18-14(8-10)12-5-4-11(16)9-13(12)17;/h4,6-9H,1-3H3;/q-1;. The van der Waals surface area contributed by atoms with Gasteiger partial charge in [0.15, 0.2) is 0 Å². The predicted molar refractivity (Wildman–Crippen MR) is 67.1 cm³/mol. The Labute approximate surface area is 125 Å². The van der Waals surface area contributed by atoms with Crippen LogP contribution in [0.15, 0.2) is 30.5 Å². The molecule has 0 spiro atoms. The molecular weight excluding hydrogens is 424 g/mol. The molecule has 0 aliphatic carbocycles. The summed E-state index contributed by atoms with van der Waals surface area (Å²) in [7, 11) is 0. The summed E-state index contributed by atoms with van der Waals surface area (Å²) in [4.78, 5) is 4.12. The number of rotatable bonds is 1. The zero-order chi connectivity index (χ0) is 13.3. The average Bonchev–Trinajstić information content (AvgIpc) is 2.28. The summed E-state index contributed by atoms with van der Waals surface area (Å²) < 4.78 is 26.5. The van der Waals surface area contributed by atoms with Crippen LogP contribution >= 0.6 is 0 Å². The van der Waals surface area contributed by atoms with Gasteiger partial charge in [-0.15, -0.1) is 12.1 Å². The fraction of sp³-hybridized carbons (Fsp3) is 0.267. The zero-order valence-electron chi connectivity index (χ0n) is 10.9. The fourth-order valence-electron chi connectivity index (χ4n) is 1.68. The van der Waals surface area contributed by atoms with Crippen molar-refractivity contribution >= 4 is 0 Å². The summed E-state index contributed by atoms with van der Waals surface area (Å²) >= 11 is 0. The number of aromatic nitrogens is 1. The molecule has 0 saturated heterocycles. The van der Waals surface area contributed by atoms with Crippen molar-refractivity contribution in [1.29, 1.82) is 0 Å². The monoisotopic (exact) mass is 439 g/mol. The van der Waals surface area contributed by atoms with E-state index in [1.54, 1.807) is 6.20 Å².